The summed E-state index contributed by atoms with van der Waals surface area (Å²) >= 11 is 0. The summed E-state index contributed by atoms with van der Waals surface area (Å²) in [6.45, 7) is 0.916. The summed E-state index contributed by atoms with van der Waals surface area (Å²) in [7, 11) is 1.61. The van der Waals surface area contributed by atoms with E-state index in [0.29, 0.717) is 19.0 Å². The lowest BCUT2D eigenvalue weighted by Gasteiger charge is -2.02. The number of halogens is 1. The molecule has 22 heavy (non-hydrogen) atoms. The summed E-state index contributed by atoms with van der Waals surface area (Å²) < 4.78 is 25.6. The van der Waals surface area contributed by atoms with Gasteiger partial charge in [-0.2, -0.15) is 0 Å². The molecule has 0 aliphatic heterocycles. The Morgan fingerprint density at radius 1 is 1.27 bits per heavy atom. The molecule has 0 fully saturated rings. The fourth-order valence-electron chi connectivity index (χ4n) is 2.00. The molecule has 0 aromatic carbocycles. The number of ether oxygens (including phenoxy) is 1. The zero-order valence-corrected chi connectivity index (χ0v) is 12.0. The van der Waals surface area contributed by atoms with Crippen LogP contribution < -0.4 is 5.32 Å². The van der Waals surface area contributed by atoms with Gasteiger partial charge in [-0.3, -0.25) is 0 Å². The van der Waals surface area contributed by atoms with Gasteiger partial charge in [0.25, 0.3) is 0 Å². The molecule has 0 amide bonds. The molecule has 0 aliphatic carbocycles. The minimum absolute atomic E-state index is 0.163. The molecule has 0 saturated heterocycles. The smallest absolute Gasteiger partial charge is 0.189 e. The summed E-state index contributed by atoms with van der Waals surface area (Å²) in [5.74, 6) is 1.88. The van der Waals surface area contributed by atoms with Crippen LogP contribution in [0.5, 0.6) is 0 Å². The molecule has 0 atom stereocenters. The largest absolute Gasteiger partial charge is 0.462 e. The van der Waals surface area contributed by atoms with Crippen LogP contribution in [0.4, 0.5) is 10.2 Å². The zero-order valence-electron chi connectivity index (χ0n) is 12.0. The lowest BCUT2D eigenvalue weighted by molar-refractivity contribution is 0.163. The second-order valence-corrected chi connectivity index (χ2v) is 4.61. The van der Waals surface area contributed by atoms with Crippen LogP contribution >= 0.6 is 0 Å². The molecule has 3 aromatic rings. The molecule has 1 N–H and O–H groups in total. The number of aromatic nitrogens is 3. The van der Waals surface area contributed by atoms with E-state index in [0.717, 1.165) is 11.5 Å². The lowest BCUT2D eigenvalue weighted by atomic mass is 10.4. The number of rotatable bonds is 6. The van der Waals surface area contributed by atoms with E-state index in [-0.39, 0.29) is 5.82 Å². The normalized spacial score (nSPS) is 10.8. The van der Waals surface area contributed by atoms with Gasteiger partial charge < -0.3 is 14.5 Å². The van der Waals surface area contributed by atoms with Crippen molar-refractivity contribution in [1.82, 2.24) is 14.8 Å². The first-order valence-corrected chi connectivity index (χ1v) is 6.73. The number of pyridine rings is 1. The van der Waals surface area contributed by atoms with Crippen molar-refractivity contribution >= 4 is 5.82 Å². The Balaban J connectivity index is 1.65. The average molecular weight is 302 g/mol. The van der Waals surface area contributed by atoms with E-state index in [4.69, 9.17) is 9.15 Å². The first-order chi connectivity index (χ1) is 10.8. The highest BCUT2D eigenvalue weighted by atomic mass is 19.1. The molecule has 114 valence electrons. The minimum atomic E-state index is -0.424. The van der Waals surface area contributed by atoms with Gasteiger partial charge in [-0.15, -0.1) is 5.10 Å². The van der Waals surface area contributed by atoms with Gasteiger partial charge in [-0.05, 0) is 24.3 Å². The van der Waals surface area contributed by atoms with Crippen LogP contribution in [0.3, 0.4) is 0 Å². The summed E-state index contributed by atoms with van der Waals surface area (Å²) in [5, 5.41) is 7.35. The summed E-state index contributed by atoms with van der Waals surface area (Å²) in [4.78, 5) is 3.97. The van der Waals surface area contributed by atoms with E-state index in [1.54, 1.807) is 19.4 Å². The van der Waals surface area contributed by atoms with E-state index < -0.39 is 5.82 Å². The number of nitrogens with zero attached hydrogens (tertiary/aromatic N) is 3. The van der Waals surface area contributed by atoms with Gasteiger partial charge in [0.1, 0.15) is 23.9 Å². The van der Waals surface area contributed by atoms with Gasteiger partial charge in [0.2, 0.25) is 0 Å². The maximum atomic E-state index is 13.6. The SMILES string of the molecule is COCc1ccc(CNc2ccn(-c3ncccc3F)n2)o1. The van der Waals surface area contributed by atoms with Crippen molar-refractivity contribution < 1.29 is 13.5 Å². The monoisotopic (exact) mass is 302 g/mol. The Bertz CT molecular complexity index is 753. The maximum absolute atomic E-state index is 13.6. The van der Waals surface area contributed by atoms with Crippen molar-refractivity contribution in [3.63, 3.8) is 0 Å². The Labute approximate surface area is 126 Å². The van der Waals surface area contributed by atoms with Crippen molar-refractivity contribution in [2.75, 3.05) is 12.4 Å². The number of methoxy groups -OCH3 is 1. The van der Waals surface area contributed by atoms with Crippen molar-refractivity contribution in [2.45, 2.75) is 13.2 Å². The molecule has 3 aromatic heterocycles. The van der Waals surface area contributed by atoms with Gasteiger partial charge in [0.05, 0.1) is 6.54 Å². The molecule has 0 saturated carbocycles. The highest BCUT2D eigenvalue weighted by molar-refractivity contribution is 5.36. The molecule has 3 rings (SSSR count). The Morgan fingerprint density at radius 3 is 2.95 bits per heavy atom. The molecule has 0 unspecified atom stereocenters. The van der Waals surface area contributed by atoms with Gasteiger partial charge in [0.15, 0.2) is 11.6 Å². The maximum Gasteiger partial charge on any atom is 0.189 e. The second kappa shape index (κ2) is 6.40. The summed E-state index contributed by atoms with van der Waals surface area (Å²) in [6.07, 6.45) is 3.17. The van der Waals surface area contributed by atoms with Crippen LogP contribution in [0.15, 0.2) is 47.1 Å². The third-order valence-corrected chi connectivity index (χ3v) is 2.99. The first-order valence-electron chi connectivity index (χ1n) is 6.73. The van der Waals surface area contributed by atoms with Gasteiger partial charge in [-0.1, -0.05) is 0 Å². The van der Waals surface area contributed by atoms with Crippen LogP contribution in [-0.4, -0.2) is 21.9 Å². The molecular formula is C15H15FN4O2. The van der Waals surface area contributed by atoms with Crippen molar-refractivity contribution in [3.05, 3.63) is 60.1 Å². The molecule has 7 heteroatoms. The second-order valence-electron chi connectivity index (χ2n) is 4.61. The number of anilines is 1. The fourth-order valence-corrected chi connectivity index (χ4v) is 2.00. The highest BCUT2D eigenvalue weighted by Gasteiger charge is 2.08. The van der Waals surface area contributed by atoms with Crippen LogP contribution in [0, 0.1) is 5.82 Å². The first kappa shape index (κ1) is 14.3. The van der Waals surface area contributed by atoms with Gasteiger partial charge in [0, 0.05) is 25.6 Å². The molecule has 0 radical (unpaired) electrons. The quantitative estimate of drug-likeness (QED) is 0.758. The third kappa shape index (κ3) is 3.15. The van der Waals surface area contributed by atoms with Crippen LogP contribution in [0.25, 0.3) is 5.82 Å². The van der Waals surface area contributed by atoms with Crippen LogP contribution in [0.2, 0.25) is 0 Å². The molecule has 3 heterocycles. The molecule has 0 bridgehead atoms. The van der Waals surface area contributed by atoms with Crippen molar-refractivity contribution in [2.24, 2.45) is 0 Å². The summed E-state index contributed by atoms with van der Waals surface area (Å²) in [6, 6.07) is 8.36. The molecular weight excluding hydrogens is 287 g/mol. The number of furan rings is 1. The third-order valence-electron chi connectivity index (χ3n) is 2.99. The Kier molecular flexibility index (Phi) is 4.15. The van der Waals surface area contributed by atoms with E-state index in [9.17, 15) is 4.39 Å². The summed E-state index contributed by atoms with van der Waals surface area (Å²) in [5.41, 5.74) is 0. The van der Waals surface area contributed by atoms with Crippen molar-refractivity contribution in [1.29, 1.82) is 0 Å². The number of hydrogen-bond acceptors (Lipinski definition) is 5. The van der Waals surface area contributed by atoms with Crippen molar-refractivity contribution in [3.8, 4) is 5.82 Å². The molecule has 0 spiro atoms. The predicted molar refractivity (Wildman–Crippen MR) is 78.1 cm³/mol. The molecule has 6 nitrogen and oxygen atoms in total. The lowest BCUT2D eigenvalue weighted by Crippen LogP contribution is -2.03. The van der Waals surface area contributed by atoms with Crippen LogP contribution in [0.1, 0.15) is 11.5 Å². The predicted octanol–water partition coefficient (Wildman–Crippen LogP) is 2.76. The highest BCUT2D eigenvalue weighted by Crippen LogP contribution is 2.14. The molecule has 0 aliphatic rings. The minimum Gasteiger partial charge on any atom is -0.462 e. The van der Waals surface area contributed by atoms with E-state index in [1.165, 1.54) is 23.0 Å². The standard InChI is InChI=1S/C15H15FN4O2/c1-21-10-12-5-4-11(22-12)9-18-14-6-8-20(19-14)15-13(16)3-2-7-17-15/h2-8H,9-10H2,1H3,(H,18,19). The van der Waals surface area contributed by atoms with Crippen LogP contribution in [-0.2, 0) is 17.9 Å². The fraction of sp³-hybridized carbons (Fsp3) is 0.200. The van der Waals surface area contributed by atoms with E-state index in [1.807, 2.05) is 12.1 Å². The number of nitrogens with one attached hydrogen (secondary N) is 1. The van der Waals surface area contributed by atoms with E-state index in [2.05, 4.69) is 15.4 Å². The topological polar surface area (TPSA) is 65.1 Å². The Hall–Kier alpha value is -2.67. The van der Waals surface area contributed by atoms with E-state index >= 15 is 0 Å². The Morgan fingerprint density at radius 2 is 2.14 bits per heavy atom. The zero-order chi connectivity index (χ0) is 15.4. The van der Waals surface area contributed by atoms with Gasteiger partial charge >= 0.3 is 0 Å². The number of hydrogen-bond donors (Lipinski definition) is 1. The van der Waals surface area contributed by atoms with Gasteiger partial charge in [-0.25, -0.2) is 14.1 Å². The average Bonchev–Trinajstić information content (AvgIpc) is 3.15.